The zero-order valence-electron chi connectivity index (χ0n) is 14.4. The van der Waals surface area contributed by atoms with E-state index in [0.29, 0.717) is 15.5 Å². The van der Waals surface area contributed by atoms with Gasteiger partial charge in [-0.3, -0.25) is 24.5 Å². The average Bonchev–Trinajstić information content (AvgIpc) is 3.14. The molecule has 0 spiro atoms. The number of ether oxygens (including phenoxy) is 1. The van der Waals surface area contributed by atoms with Crippen LogP contribution in [-0.2, 0) is 19.1 Å². The Morgan fingerprint density at radius 2 is 1.85 bits per heavy atom. The van der Waals surface area contributed by atoms with Crippen molar-refractivity contribution < 1.29 is 23.9 Å². The van der Waals surface area contributed by atoms with Crippen LogP contribution in [0, 0.1) is 0 Å². The predicted octanol–water partition coefficient (Wildman–Crippen LogP) is 2.47. The molecule has 1 heterocycles. The summed E-state index contributed by atoms with van der Waals surface area (Å²) in [6, 6.07) is 9.28. The van der Waals surface area contributed by atoms with Gasteiger partial charge < -0.3 is 10.1 Å². The van der Waals surface area contributed by atoms with Crippen molar-refractivity contribution >= 4 is 46.6 Å². The largest absolute Gasteiger partial charge is 0.455 e. The number of hydrogen-bond donors (Lipinski definition) is 2. The van der Waals surface area contributed by atoms with Gasteiger partial charge in [-0.15, -0.1) is 11.3 Å². The highest BCUT2D eigenvalue weighted by atomic mass is 35.5. The van der Waals surface area contributed by atoms with Crippen LogP contribution in [0.1, 0.15) is 34.6 Å². The van der Waals surface area contributed by atoms with Gasteiger partial charge in [-0.25, -0.2) is 0 Å². The van der Waals surface area contributed by atoms with E-state index in [1.165, 1.54) is 18.3 Å². The van der Waals surface area contributed by atoms with E-state index in [1.807, 2.05) is 0 Å². The molecule has 1 aromatic carbocycles. The third-order valence-electron chi connectivity index (χ3n) is 3.38. The molecule has 142 valence electrons. The fraction of sp³-hybridized carbons (Fsp3) is 0.222. The molecule has 2 rings (SSSR count). The van der Waals surface area contributed by atoms with Gasteiger partial charge in [0.15, 0.2) is 6.61 Å². The lowest BCUT2D eigenvalue weighted by Crippen LogP contribution is -2.34. The maximum atomic E-state index is 12.0. The molecule has 0 bridgehead atoms. The summed E-state index contributed by atoms with van der Waals surface area (Å²) in [6.45, 7) is 0.737. The van der Waals surface area contributed by atoms with Crippen molar-refractivity contribution in [1.29, 1.82) is 0 Å². The van der Waals surface area contributed by atoms with Crippen LogP contribution in [0.4, 0.5) is 0 Å². The zero-order chi connectivity index (χ0) is 19.8. The predicted molar refractivity (Wildman–Crippen MR) is 100 cm³/mol. The number of amides is 3. The van der Waals surface area contributed by atoms with Crippen LogP contribution in [0.3, 0.4) is 0 Å². The lowest BCUT2D eigenvalue weighted by molar-refractivity contribution is -0.149. The number of nitrogens with one attached hydrogen (secondary N) is 2. The van der Waals surface area contributed by atoms with Crippen LogP contribution in [0.5, 0.6) is 0 Å². The maximum Gasteiger partial charge on any atom is 0.308 e. The lowest BCUT2D eigenvalue weighted by atomic mass is 10.0. The minimum Gasteiger partial charge on any atom is -0.455 e. The minimum atomic E-state index is -0.732. The average molecular weight is 409 g/mol. The van der Waals surface area contributed by atoms with Crippen LogP contribution in [0.2, 0.25) is 5.02 Å². The monoisotopic (exact) mass is 408 g/mol. The second-order valence-corrected chi connectivity index (χ2v) is 6.91. The van der Waals surface area contributed by atoms with Crippen molar-refractivity contribution in [2.75, 3.05) is 6.61 Å². The van der Waals surface area contributed by atoms with E-state index < -0.39 is 30.4 Å². The fourth-order valence-corrected chi connectivity index (χ4v) is 2.94. The van der Waals surface area contributed by atoms with Crippen molar-refractivity contribution in [3.63, 3.8) is 0 Å². The van der Waals surface area contributed by atoms with Gasteiger partial charge in [-0.1, -0.05) is 29.8 Å². The van der Waals surface area contributed by atoms with Crippen molar-refractivity contribution in [2.45, 2.75) is 19.4 Å². The summed E-state index contributed by atoms with van der Waals surface area (Å²) in [5, 5.41) is 7.01. The van der Waals surface area contributed by atoms with Crippen molar-refractivity contribution in [3.05, 3.63) is 57.2 Å². The van der Waals surface area contributed by atoms with Crippen LogP contribution < -0.4 is 10.6 Å². The molecule has 0 aliphatic rings. The quantitative estimate of drug-likeness (QED) is 0.685. The van der Waals surface area contributed by atoms with Gasteiger partial charge >= 0.3 is 5.97 Å². The number of halogens is 1. The standard InChI is InChI=1S/C18H17ClN2O5S/c1-11(22)20-14(12-4-6-13(19)7-5-12)9-17(24)26-10-16(23)21-18(25)15-3-2-8-27-15/h2-8,14H,9-10H2,1H3,(H,20,22)(H,21,23,25)/t14-/m0/s1. The first-order valence-electron chi connectivity index (χ1n) is 7.91. The topological polar surface area (TPSA) is 102 Å². The van der Waals surface area contributed by atoms with E-state index in [0.717, 1.165) is 0 Å². The number of imide groups is 1. The Hall–Kier alpha value is -2.71. The summed E-state index contributed by atoms with van der Waals surface area (Å²) < 4.78 is 4.90. The molecule has 3 amide bonds. The molecule has 0 aliphatic heterocycles. The first-order valence-corrected chi connectivity index (χ1v) is 9.17. The number of thiophene rings is 1. The van der Waals surface area contributed by atoms with E-state index in [1.54, 1.807) is 41.8 Å². The normalized spacial score (nSPS) is 11.3. The molecule has 0 saturated heterocycles. The third-order valence-corrected chi connectivity index (χ3v) is 4.50. The molecule has 0 aliphatic carbocycles. The number of rotatable bonds is 7. The second-order valence-electron chi connectivity index (χ2n) is 5.52. The Labute approximate surface area is 164 Å². The van der Waals surface area contributed by atoms with Crippen LogP contribution >= 0.6 is 22.9 Å². The van der Waals surface area contributed by atoms with Gasteiger partial charge in [0.2, 0.25) is 5.91 Å². The first-order chi connectivity index (χ1) is 12.8. The van der Waals surface area contributed by atoms with E-state index in [-0.39, 0.29) is 12.3 Å². The number of carbonyl (C=O) groups is 4. The van der Waals surface area contributed by atoms with E-state index in [9.17, 15) is 19.2 Å². The number of esters is 1. The molecule has 27 heavy (non-hydrogen) atoms. The summed E-state index contributed by atoms with van der Waals surface area (Å²) in [6.07, 6.45) is -0.173. The number of carbonyl (C=O) groups excluding carboxylic acids is 4. The molecule has 9 heteroatoms. The van der Waals surface area contributed by atoms with Crippen molar-refractivity contribution in [2.24, 2.45) is 0 Å². The summed E-state index contributed by atoms with van der Waals surface area (Å²) >= 11 is 7.03. The summed E-state index contributed by atoms with van der Waals surface area (Å²) in [4.78, 5) is 47.3. The highest BCUT2D eigenvalue weighted by Crippen LogP contribution is 2.20. The Morgan fingerprint density at radius 1 is 1.15 bits per heavy atom. The molecular formula is C18H17ClN2O5S. The lowest BCUT2D eigenvalue weighted by Gasteiger charge is -2.17. The molecular weight excluding hydrogens is 392 g/mol. The maximum absolute atomic E-state index is 12.0. The molecule has 2 N–H and O–H groups in total. The molecule has 1 atom stereocenters. The number of hydrogen-bond acceptors (Lipinski definition) is 6. The Morgan fingerprint density at radius 3 is 2.44 bits per heavy atom. The minimum absolute atomic E-state index is 0.173. The van der Waals surface area contributed by atoms with Gasteiger partial charge in [0.1, 0.15) is 0 Å². The second kappa shape index (κ2) is 9.84. The summed E-state index contributed by atoms with van der Waals surface area (Å²) in [7, 11) is 0. The van der Waals surface area contributed by atoms with Crippen molar-refractivity contribution in [3.8, 4) is 0 Å². The zero-order valence-corrected chi connectivity index (χ0v) is 15.9. The number of benzene rings is 1. The first kappa shape index (κ1) is 20.6. The Bertz CT molecular complexity index is 821. The van der Waals surface area contributed by atoms with Gasteiger partial charge in [0, 0.05) is 11.9 Å². The smallest absolute Gasteiger partial charge is 0.308 e. The molecule has 0 radical (unpaired) electrons. The van der Waals surface area contributed by atoms with E-state index in [2.05, 4.69) is 10.6 Å². The van der Waals surface area contributed by atoms with Gasteiger partial charge in [-0.05, 0) is 29.1 Å². The van der Waals surface area contributed by atoms with Crippen LogP contribution in [0.25, 0.3) is 0 Å². The molecule has 7 nitrogen and oxygen atoms in total. The van der Waals surface area contributed by atoms with E-state index in [4.69, 9.17) is 16.3 Å². The van der Waals surface area contributed by atoms with Gasteiger partial charge in [-0.2, -0.15) is 0 Å². The highest BCUT2D eigenvalue weighted by molar-refractivity contribution is 7.12. The van der Waals surface area contributed by atoms with Crippen LogP contribution in [-0.4, -0.2) is 30.3 Å². The van der Waals surface area contributed by atoms with Gasteiger partial charge in [0.05, 0.1) is 17.3 Å². The SMILES string of the molecule is CC(=O)N[C@@H](CC(=O)OCC(=O)NC(=O)c1cccs1)c1ccc(Cl)cc1. The Balaban J connectivity index is 1.87. The molecule has 0 unspecified atom stereocenters. The van der Waals surface area contributed by atoms with Crippen molar-refractivity contribution in [1.82, 2.24) is 10.6 Å². The highest BCUT2D eigenvalue weighted by Gasteiger charge is 2.19. The third kappa shape index (κ3) is 6.84. The Kier molecular flexibility index (Phi) is 7.51. The summed E-state index contributed by atoms with van der Waals surface area (Å²) in [5.41, 5.74) is 0.670. The fourth-order valence-electron chi connectivity index (χ4n) is 2.20. The molecule has 2 aromatic rings. The molecule has 0 fully saturated rings. The summed E-state index contributed by atoms with van der Waals surface area (Å²) in [5.74, 6) is -2.29. The van der Waals surface area contributed by atoms with E-state index >= 15 is 0 Å². The molecule has 0 saturated carbocycles. The molecule has 1 aromatic heterocycles. The van der Waals surface area contributed by atoms with Crippen LogP contribution in [0.15, 0.2) is 41.8 Å². The van der Waals surface area contributed by atoms with Gasteiger partial charge in [0.25, 0.3) is 11.8 Å².